The van der Waals surface area contributed by atoms with Gasteiger partial charge in [-0.15, -0.1) is 0 Å². The average Bonchev–Trinajstić information content (AvgIpc) is 2.80. The second-order valence-electron chi connectivity index (χ2n) is 8.48. The Balaban J connectivity index is 1.76. The number of amides is 2. The lowest BCUT2D eigenvalue weighted by Crippen LogP contribution is -2.43. The molecule has 33 heavy (non-hydrogen) atoms. The van der Waals surface area contributed by atoms with Crippen molar-refractivity contribution in [2.45, 2.75) is 0 Å². The first-order valence-corrected chi connectivity index (χ1v) is 10.8. The van der Waals surface area contributed by atoms with Gasteiger partial charge in [-0.05, 0) is 49.1 Å². The first-order valence-electron chi connectivity index (χ1n) is 10.8. The minimum atomic E-state index is -0.280. The quantitative estimate of drug-likeness (QED) is 0.216. The van der Waals surface area contributed by atoms with Gasteiger partial charge in [-0.2, -0.15) is 0 Å². The highest BCUT2D eigenvalue weighted by Gasteiger charge is 2.34. The molecule has 4 aromatic rings. The smallest absolute Gasteiger partial charge is 0.262 e. The van der Waals surface area contributed by atoms with Crippen LogP contribution < -0.4 is 5.73 Å². The van der Waals surface area contributed by atoms with Crippen molar-refractivity contribution in [3.05, 3.63) is 83.4 Å². The zero-order valence-electron chi connectivity index (χ0n) is 18.6. The second kappa shape index (κ2) is 8.15. The number of rotatable bonds is 5. The summed E-state index contributed by atoms with van der Waals surface area (Å²) in [5.74, 6) is -0.532. The van der Waals surface area contributed by atoms with Crippen LogP contribution in [0.2, 0.25) is 0 Å². The maximum absolute atomic E-state index is 13.7. The van der Waals surface area contributed by atoms with Gasteiger partial charge in [0.05, 0.1) is 11.3 Å². The number of fused-ring (bicyclic) bond motifs is 2. The molecular weight excluding hydrogens is 412 g/mol. The first kappa shape index (κ1) is 20.8. The average molecular weight is 437 g/mol. The fourth-order valence-electron chi connectivity index (χ4n) is 4.36. The van der Waals surface area contributed by atoms with Crippen molar-refractivity contribution in [1.82, 2.24) is 9.80 Å². The second-order valence-corrected chi connectivity index (χ2v) is 8.48. The molecule has 0 saturated heterocycles. The van der Waals surface area contributed by atoms with Crippen LogP contribution in [0.25, 0.3) is 21.5 Å². The van der Waals surface area contributed by atoms with Gasteiger partial charge >= 0.3 is 0 Å². The highest BCUT2D eigenvalue weighted by atomic mass is 16.2. The van der Waals surface area contributed by atoms with E-state index in [9.17, 15) is 9.59 Å². The number of imide groups is 1. The Labute approximate surface area is 191 Å². The minimum absolute atomic E-state index is 0.252. The summed E-state index contributed by atoms with van der Waals surface area (Å²) in [6.45, 7) is 0.911. The molecule has 0 aromatic heterocycles. The third-order valence-electron chi connectivity index (χ3n) is 6.03. The topological polar surface area (TPSA) is 79.0 Å². The Morgan fingerprint density at radius 2 is 1.64 bits per heavy atom. The number of hydrogen-bond donors (Lipinski definition) is 1. The Morgan fingerprint density at radius 3 is 2.39 bits per heavy atom. The van der Waals surface area contributed by atoms with Gasteiger partial charge in [0, 0.05) is 46.9 Å². The van der Waals surface area contributed by atoms with Gasteiger partial charge in [0.1, 0.15) is 0 Å². The fraction of sp³-hybridized carbons (Fsp3) is 0.148. The zero-order chi connectivity index (χ0) is 23.1. The van der Waals surface area contributed by atoms with E-state index in [1.807, 2.05) is 79.7 Å². The summed E-state index contributed by atoms with van der Waals surface area (Å²) in [5, 5.41) is 3.22. The normalized spacial score (nSPS) is 13.7. The maximum Gasteiger partial charge on any atom is 0.262 e. The molecule has 0 atom stereocenters. The SMILES string of the molecule is CN(C)CCN1C(=O)c2cccc3cc4cccc(N=Cc5ccccc5N)c4c(c23)C1=O. The van der Waals surface area contributed by atoms with E-state index in [4.69, 9.17) is 10.7 Å². The molecular formula is C27H24N4O2. The summed E-state index contributed by atoms with van der Waals surface area (Å²) in [5.41, 5.74) is 9.26. The Hall–Kier alpha value is -4.03. The summed E-state index contributed by atoms with van der Waals surface area (Å²) < 4.78 is 0. The van der Waals surface area contributed by atoms with Crippen molar-refractivity contribution < 1.29 is 9.59 Å². The molecule has 0 radical (unpaired) electrons. The lowest BCUT2D eigenvalue weighted by molar-refractivity contribution is 0.0602. The van der Waals surface area contributed by atoms with Crippen LogP contribution in [0.3, 0.4) is 0 Å². The number of nitrogen functional groups attached to an aromatic ring is 1. The molecule has 6 nitrogen and oxygen atoms in total. The number of carbonyl (C=O) groups is 2. The summed E-state index contributed by atoms with van der Waals surface area (Å²) in [4.78, 5) is 35.0. The molecule has 0 saturated carbocycles. The van der Waals surface area contributed by atoms with Crippen LogP contribution in [0.5, 0.6) is 0 Å². The Morgan fingerprint density at radius 1 is 0.909 bits per heavy atom. The number of para-hydroxylation sites is 1. The molecule has 0 spiro atoms. The summed E-state index contributed by atoms with van der Waals surface area (Å²) in [6, 6.07) is 20.9. The van der Waals surface area contributed by atoms with E-state index >= 15 is 0 Å². The highest BCUT2D eigenvalue weighted by Crippen LogP contribution is 2.39. The largest absolute Gasteiger partial charge is 0.398 e. The number of likely N-dealkylation sites (N-methyl/N-ethyl adjacent to an activating group) is 1. The Kier molecular flexibility index (Phi) is 5.15. The van der Waals surface area contributed by atoms with Crippen LogP contribution in [0.1, 0.15) is 26.3 Å². The number of nitrogens with two attached hydrogens (primary N) is 1. The number of benzene rings is 4. The number of nitrogens with zero attached hydrogens (tertiary/aromatic N) is 3. The fourth-order valence-corrected chi connectivity index (χ4v) is 4.36. The first-order chi connectivity index (χ1) is 16.0. The molecule has 1 heterocycles. The molecule has 2 amide bonds. The standard InChI is InChI=1S/C27H24N4O2/c1-30(2)13-14-31-26(32)20-10-5-8-17-15-18-9-6-12-22(24(18)25(23(17)20)27(31)33)29-16-19-7-3-4-11-21(19)28/h3-12,15-16H,13-14,28H2,1-2H3. The van der Waals surface area contributed by atoms with E-state index in [0.29, 0.717) is 41.0 Å². The molecule has 6 heteroatoms. The molecule has 5 rings (SSSR count). The monoisotopic (exact) mass is 436 g/mol. The van der Waals surface area contributed by atoms with E-state index in [1.165, 1.54) is 4.90 Å². The van der Waals surface area contributed by atoms with Crippen LogP contribution >= 0.6 is 0 Å². The van der Waals surface area contributed by atoms with Crippen molar-refractivity contribution in [2.75, 3.05) is 32.9 Å². The molecule has 0 aliphatic carbocycles. The van der Waals surface area contributed by atoms with E-state index in [0.717, 1.165) is 21.7 Å². The van der Waals surface area contributed by atoms with Gasteiger partial charge in [0.25, 0.3) is 11.8 Å². The number of aliphatic imine (C=N–C) groups is 1. The summed E-state index contributed by atoms with van der Waals surface area (Å²) in [7, 11) is 3.84. The number of hydrogen-bond acceptors (Lipinski definition) is 5. The molecule has 2 N–H and O–H groups in total. The van der Waals surface area contributed by atoms with Gasteiger partial charge in [0.2, 0.25) is 0 Å². The zero-order valence-corrected chi connectivity index (χ0v) is 18.6. The molecule has 0 fully saturated rings. The lowest BCUT2D eigenvalue weighted by Gasteiger charge is -2.29. The van der Waals surface area contributed by atoms with Gasteiger partial charge in [-0.25, -0.2) is 0 Å². The number of carbonyl (C=O) groups excluding carboxylic acids is 2. The van der Waals surface area contributed by atoms with E-state index < -0.39 is 0 Å². The van der Waals surface area contributed by atoms with Gasteiger partial charge in [0.15, 0.2) is 0 Å². The van der Waals surface area contributed by atoms with E-state index in [1.54, 1.807) is 12.3 Å². The van der Waals surface area contributed by atoms with Crippen LogP contribution in [-0.4, -0.2) is 55.0 Å². The van der Waals surface area contributed by atoms with Gasteiger partial charge in [-0.3, -0.25) is 19.5 Å². The molecule has 0 bridgehead atoms. The maximum atomic E-state index is 13.7. The predicted molar refractivity (Wildman–Crippen MR) is 133 cm³/mol. The van der Waals surface area contributed by atoms with Crippen molar-refractivity contribution in [2.24, 2.45) is 4.99 Å². The van der Waals surface area contributed by atoms with Crippen molar-refractivity contribution >= 4 is 50.9 Å². The van der Waals surface area contributed by atoms with E-state index in [-0.39, 0.29) is 11.8 Å². The van der Waals surface area contributed by atoms with Crippen LogP contribution in [-0.2, 0) is 0 Å². The van der Waals surface area contributed by atoms with Crippen LogP contribution in [0.15, 0.2) is 71.7 Å². The number of anilines is 1. The third kappa shape index (κ3) is 3.54. The van der Waals surface area contributed by atoms with Crippen molar-refractivity contribution in [3.8, 4) is 0 Å². The molecule has 1 aliphatic rings. The molecule has 164 valence electrons. The highest BCUT2D eigenvalue weighted by molar-refractivity contribution is 6.31. The van der Waals surface area contributed by atoms with E-state index in [2.05, 4.69) is 0 Å². The summed E-state index contributed by atoms with van der Waals surface area (Å²) in [6.07, 6.45) is 1.72. The minimum Gasteiger partial charge on any atom is -0.398 e. The predicted octanol–water partition coefficient (Wildman–Crippen LogP) is 4.48. The van der Waals surface area contributed by atoms with Crippen molar-refractivity contribution in [3.63, 3.8) is 0 Å². The van der Waals surface area contributed by atoms with Crippen molar-refractivity contribution in [1.29, 1.82) is 0 Å². The van der Waals surface area contributed by atoms with Gasteiger partial charge in [-0.1, -0.05) is 42.5 Å². The molecule has 1 aliphatic heterocycles. The van der Waals surface area contributed by atoms with Crippen LogP contribution in [0, 0.1) is 0 Å². The van der Waals surface area contributed by atoms with Gasteiger partial charge < -0.3 is 10.6 Å². The molecule has 4 aromatic carbocycles. The Bertz CT molecular complexity index is 1460. The summed E-state index contributed by atoms with van der Waals surface area (Å²) >= 11 is 0. The lowest BCUT2D eigenvalue weighted by atomic mass is 9.89. The van der Waals surface area contributed by atoms with Crippen LogP contribution in [0.4, 0.5) is 11.4 Å². The molecule has 0 unspecified atom stereocenters. The third-order valence-corrected chi connectivity index (χ3v) is 6.03.